The molecule has 21 heavy (non-hydrogen) atoms. The number of hydrogen-bond donors (Lipinski definition) is 1. The summed E-state index contributed by atoms with van der Waals surface area (Å²) in [5, 5.41) is 5.56. The van der Waals surface area contributed by atoms with Crippen LogP contribution in [0.5, 0.6) is 0 Å². The van der Waals surface area contributed by atoms with Crippen LogP contribution in [-0.4, -0.2) is 35.2 Å². The van der Waals surface area contributed by atoms with Gasteiger partial charge in [0.1, 0.15) is 0 Å². The summed E-state index contributed by atoms with van der Waals surface area (Å²) in [5.74, 6) is 0.823. The van der Waals surface area contributed by atoms with E-state index in [9.17, 15) is 0 Å². The summed E-state index contributed by atoms with van der Waals surface area (Å²) < 4.78 is 8.12. The first-order valence-corrected chi connectivity index (χ1v) is 8.68. The second-order valence-corrected chi connectivity index (χ2v) is 7.19. The van der Waals surface area contributed by atoms with Gasteiger partial charge in [-0.15, -0.1) is 11.3 Å². The van der Waals surface area contributed by atoms with Gasteiger partial charge >= 0.3 is 0 Å². The third-order valence-corrected chi connectivity index (χ3v) is 5.84. The number of ether oxygens (including phenoxy) is 1. The van der Waals surface area contributed by atoms with Crippen LogP contribution in [0.4, 0.5) is 0 Å². The number of thiazole rings is 1. The fraction of sp³-hybridized carbons (Fsp3) is 0.688. The van der Waals surface area contributed by atoms with Crippen molar-refractivity contribution >= 4 is 16.3 Å². The lowest BCUT2D eigenvalue weighted by Crippen LogP contribution is -2.54. The smallest absolute Gasteiger partial charge is 0.193 e. The van der Waals surface area contributed by atoms with Crippen molar-refractivity contribution in [3.05, 3.63) is 23.5 Å². The standard InChI is InChI=1S/C16H25N3OS/c1-12-4-6-16(20-3,7-5-12)14(17-2)10-13-11-19-8-9-21-15(19)18-13/h8-9,11-12,14,17H,4-7,10H2,1-3H3. The van der Waals surface area contributed by atoms with E-state index in [-0.39, 0.29) is 5.60 Å². The van der Waals surface area contributed by atoms with E-state index in [1.54, 1.807) is 11.3 Å². The Morgan fingerprint density at radius 3 is 2.90 bits per heavy atom. The minimum Gasteiger partial charge on any atom is -0.377 e. The lowest BCUT2D eigenvalue weighted by Gasteiger charge is -2.44. The number of imidazole rings is 1. The average molecular weight is 307 g/mol. The predicted molar refractivity (Wildman–Crippen MR) is 87.0 cm³/mol. The molecule has 1 aliphatic carbocycles. The third kappa shape index (κ3) is 2.87. The Morgan fingerprint density at radius 1 is 1.52 bits per heavy atom. The summed E-state index contributed by atoms with van der Waals surface area (Å²) in [6, 6.07) is 0.319. The van der Waals surface area contributed by atoms with E-state index < -0.39 is 0 Å². The highest BCUT2D eigenvalue weighted by molar-refractivity contribution is 7.15. The first-order valence-electron chi connectivity index (χ1n) is 7.80. The van der Waals surface area contributed by atoms with Gasteiger partial charge in [-0.25, -0.2) is 4.98 Å². The monoisotopic (exact) mass is 307 g/mol. The molecule has 1 fully saturated rings. The van der Waals surface area contributed by atoms with Crippen molar-refractivity contribution in [1.82, 2.24) is 14.7 Å². The topological polar surface area (TPSA) is 38.6 Å². The first-order chi connectivity index (χ1) is 10.2. The maximum Gasteiger partial charge on any atom is 0.193 e. The summed E-state index contributed by atoms with van der Waals surface area (Å²) in [6.07, 6.45) is 9.92. The van der Waals surface area contributed by atoms with E-state index in [1.165, 1.54) is 12.8 Å². The van der Waals surface area contributed by atoms with E-state index in [0.29, 0.717) is 6.04 Å². The zero-order valence-corrected chi connectivity index (χ0v) is 13.9. The maximum atomic E-state index is 6.01. The summed E-state index contributed by atoms with van der Waals surface area (Å²) in [7, 11) is 3.91. The fourth-order valence-electron chi connectivity index (χ4n) is 3.58. The van der Waals surface area contributed by atoms with E-state index in [2.05, 4.69) is 34.4 Å². The molecule has 1 saturated carbocycles. The van der Waals surface area contributed by atoms with Crippen molar-refractivity contribution in [2.24, 2.45) is 5.92 Å². The van der Waals surface area contributed by atoms with Crippen molar-refractivity contribution in [3.8, 4) is 0 Å². The zero-order chi connectivity index (χ0) is 14.9. The van der Waals surface area contributed by atoms with Gasteiger partial charge in [-0.05, 0) is 38.6 Å². The largest absolute Gasteiger partial charge is 0.377 e. The van der Waals surface area contributed by atoms with Crippen LogP contribution in [0.25, 0.3) is 4.96 Å². The molecule has 4 nitrogen and oxygen atoms in total. The third-order valence-electron chi connectivity index (χ3n) is 5.07. The highest BCUT2D eigenvalue weighted by atomic mass is 32.1. The fourth-order valence-corrected chi connectivity index (χ4v) is 4.30. The van der Waals surface area contributed by atoms with Gasteiger partial charge in [-0.2, -0.15) is 0 Å². The van der Waals surface area contributed by atoms with Gasteiger partial charge in [0.15, 0.2) is 4.96 Å². The molecule has 2 aromatic heterocycles. The van der Waals surface area contributed by atoms with Gasteiger partial charge in [0.05, 0.1) is 11.3 Å². The minimum atomic E-state index is -0.0434. The molecule has 0 saturated heterocycles. The van der Waals surface area contributed by atoms with Crippen molar-refractivity contribution < 1.29 is 4.74 Å². The zero-order valence-electron chi connectivity index (χ0n) is 13.1. The number of hydrogen-bond acceptors (Lipinski definition) is 4. The number of fused-ring (bicyclic) bond motifs is 1. The molecule has 3 rings (SSSR count). The SMILES string of the molecule is CNC(Cc1cn2ccsc2n1)C1(OC)CCC(C)CC1. The highest BCUT2D eigenvalue weighted by Crippen LogP contribution is 2.37. The Hall–Kier alpha value is -0.910. The van der Waals surface area contributed by atoms with E-state index in [0.717, 1.165) is 35.8 Å². The molecule has 0 aliphatic heterocycles. The molecular formula is C16H25N3OS. The van der Waals surface area contributed by atoms with Gasteiger partial charge in [0, 0.05) is 37.3 Å². The average Bonchev–Trinajstić information content (AvgIpc) is 3.07. The summed E-state index contributed by atoms with van der Waals surface area (Å²) in [5.41, 5.74) is 1.11. The van der Waals surface area contributed by atoms with Gasteiger partial charge in [0.25, 0.3) is 0 Å². The molecule has 2 heterocycles. The number of likely N-dealkylation sites (N-methyl/N-ethyl adjacent to an activating group) is 1. The molecule has 0 amide bonds. The molecule has 0 spiro atoms. The number of nitrogens with one attached hydrogen (secondary N) is 1. The number of aromatic nitrogens is 2. The highest BCUT2D eigenvalue weighted by Gasteiger charge is 2.41. The summed E-state index contributed by atoms with van der Waals surface area (Å²) >= 11 is 1.68. The van der Waals surface area contributed by atoms with Gasteiger partial charge in [-0.3, -0.25) is 4.40 Å². The Labute approximate surface area is 130 Å². The molecule has 116 valence electrons. The van der Waals surface area contributed by atoms with Crippen LogP contribution in [0.15, 0.2) is 17.8 Å². The van der Waals surface area contributed by atoms with Crippen LogP contribution in [0.1, 0.15) is 38.3 Å². The van der Waals surface area contributed by atoms with Crippen LogP contribution in [-0.2, 0) is 11.2 Å². The molecule has 5 heteroatoms. The van der Waals surface area contributed by atoms with E-state index >= 15 is 0 Å². The number of nitrogens with zero attached hydrogens (tertiary/aromatic N) is 2. The number of rotatable bonds is 5. The Kier molecular flexibility index (Phi) is 4.33. The minimum absolute atomic E-state index is 0.0434. The molecular weight excluding hydrogens is 282 g/mol. The van der Waals surface area contributed by atoms with Crippen LogP contribution in [0.2, 0.25) is 0 Å². The summed E-state index contributed by atoms with van der Waals surface area (Å²) in [4.78, 5) is 5.79. The van der Waals surface area contributed by atoms with E-state index in [1.807, 2.05) is 14.2 Å². The molecule has 0 aromatic carbocycles. The van der Waals surface area contributed by atoms with Crippen LogP contribution in [0.3, 0.4) is 0 Å². The second-order valence-electron chi connectivity index (χ2n) is 6.32. The Morgan fingerprint density at radius 2 is 2.29 bits per heavy atom. The molecule has 0 radical (unpaired) electrons. The molecule has 1 N–H and O–H groups in total. The van der Waals surface area contributed by atoms with E-state index in [4.69, 9.17) is 9.72 Å². The maximum absolute atomic E-state index is 6.01. The Bertz CT molecular complexity index is 555. The molecule has 0 bridgehead atoms. The lowest BCUT2D eigenvalue weighted by molar-refractivity contribution is -0.0732. The molecule has 2 aromatic rings. The van der Waals surface area contributed by atoms with Crippen molar-refractivity contribution in [1.29, 1.82) is 0 Å². The summed E-state index contributed by atoms with van der Waals surface area (Å²) in [6.45, 7) is 2.34. The van der Waals surface area contributed by atoms with Crippen LogP contribution >= 0.6 is 11.3 Å². The van der Waals surface area contributed by atoms with Crippen LogP contribution < -0.4 is 5.32 Å². The van der Waals surface area contributed by atoms with Gasteiger partial charge < -0.3 is 10.1 Å². The van der Waals surface area contributed by atoms with Gasteiger partial charge in [0.2, 0.25) is 0 Å². The first kappa shape index (κ1) is 15.0. The van der Waals surface area contributed by atoms with Crippen molar-refractivity contribution in [2.45, 2.75) is 50.7 Å². The quantitative estimate of drug-likeness (QED) is 0.922. The number of methoxy groups -OCH3 is 1. The normalized spacial score (nSPS) is 28.0. The molecule has 1 aliphatic rings. The second kappa shape index (κ2) is 6.07. The van der Waals surface area contributed by atoms with Crippen LogP contribution in [0, 0.1) is 5.92 Å². The predicted octanol–water partition coefficient (Wildman–Crippen LogP) is 3.12. The van der Waals surface area contributed by atoms with Gasteiger partial charge in [-0.1, -0.05) is 6.92 Å². The molecule has 1 atom stereocenters. The lowest BCUT2D eigenvalue weighted by atomic mass is 9.74. The Balaban J connectivity index is 1.78. The molecule has 1 unspecified atom stereocenters. The van der Waals surface area contributed by atoms with Crippen molar-refractivity contribution in [2.75, 3.05) is 14.2 Å². The van der Waals surface area contributed by atoms with Crippen molar-refractivity contribution in [3.63, 3.8) is 0 Å².